The molecule has 0 amide bonds. The van der Waals surface area contributed by atoms with Crippen LogP contribution in [-0.4, -0.2) is 29.5 Å². The van der Waals surface area contributed by atoms with Gasteiger partial charge < -0.3 is 9.47 Å². The molecule has 0 fully saturated rings. The van der Waals surface area contributed by atoms with Gasteiger partial charge in [0.25, 0.3) is 0 Å². The number of hydrogen-bond acceptors (Lipinski definition) is 6. The van der Waals surface area contributed by atoms with Crippen molar-refractivity contribution < 1.29 is 14.3 Å². The normalized spacial score (nSPS) is 16.1. The minimum atomic E-state index is -0.0698. The number of carbonyl (C=O) groups is 1. The molecule has 0 radical (unpaired) electrons. The summed E-state index contributed by atoms with van der Waals surface area (Å²) in [5, 5.41) is 0.437. The van der Waals surface area contributed by atoms with Gasteiger partial charge in [-0.05, 0) is 36.1 Å². The molecule has 118 valence electrons. The van der Waals surface area contributed by atoms with Crippen molar-refractivity contribution in [1.82, 2.24) is 0 Å². The molecule has 4 nitrogen and oxygen atoms in total. The number of thioether (sulfide) groups is 2. The smallest absolute Gasteiger partial charge is 0.244 e. The van der Waals surface area contributed by atoms with Crippen LogP contribution in [0.15, 0.2) is 22.8 Å². The molecular weight excluding hydrogens is 342 g/mol. The Labute approximate surface area is 143 Å². The third-order valence-electron chi connectivity index (χ3n) is 2.80. The van der Waals surface area contributed by atoms with E-state index in [9.17, 15) is 4.79 Å². The molecule has 0 saturated heterocycles. The molecular formula is C15H16ClNO3S2. The molecule has 0 bridgehead atoms. The molecule has 7 heteroatoms. The lowest BCUT2D eigenvalue weighted by molar-refractivity contribution is -0.107. The number of hydrogen-bond donors (Lipinski definition) is 0. The Morgan fingerprint density at radius 2 is 2.14 bits per heavy atom. The zero-order chi connectivity index (χ0) is 16.1. The molecule has 22 heavy (non-hydrogen) atoms. The molecule has 2 rings (SSSR count). The summed E-state index contributed by atoms with van der Waals surface area (Å²) >= 11 is 8.84. The monoisotopic (exact) mass is 357 g/mol. The second-order valence-electron chi connectivity index (χ2n) is 4.38. The van der Waals surface area contributed by atoms with Gasteiger partial charge in [-0.15, -0.1) is 0 Å². The molecule has 1 aromatic rings. The van der Waals surface area contributed by atoms with Crippen molar-refractivity contribution in [2.45, 2.75) is 13.3 Å². The summed E-state index contributed by atoms with van der Waals surface area (Å²) in [4.78, 5) is 16.4. The second kappa shape index (κ2) is 7.94. The topological polar surface area (TPSA) is 47.9 Å². The van der Waals surface area contributed by atoms with Gasteiger partial charge in [-0.3, -0.25) is 4.79 Å². The fourth-order valence-corrected chi connectivity index (χ4v) is 3.84. The molecule has 0 atom stereocenters. The van der Waals surface area contributed by atoms with Gasteiger partial charge in [0.1, 0.15) is 10.1 Å². The zero-order valence-electron chi connectivity index (χ0n) is 12.5. The zero-order valence-corrected chi connectivity index (χ0v) is 14.9. The molecule has 0 unspecified atom stereocenters. The fourth-order valence-electron chi connectivity index (χ4n) is 1.85. The van der Waals surface area contributed by atoms with Crippen LogP contribution >= 0.6 is 35.1 Å². The molecule has 0 aromatic heterocycles. The Kier molecular flexibility index (Phi) is 6.23. The maximum absolute atomic E-state index is 12.1. The van der Waals surface area contributed by atoms with E-state index in [-0.39, 0.29) is 5.12 Å². The number of aliphatic imine (C=N–C) groups is 1. The van der Waals surface area contributed by atoms with E-state index in [0.29, 0.717) is 27.8 Å². The lowest BCUT2D eigenvalue weighted by atomic mass is 10.1. The minimum absolute atomic E-state index is 0.0698. The third kappa shape index (κ3) is 4.00. The number of halogens is 1. The summed E-state index contributed by atoms with van der Waals surface area (Å²) in [7, 11) is 3.09. The average molecular weight is 358 g/mol. The van der Waals surface area contributed by atoms with Crippen LogP contribution in [0.3, 0.4) is 0 Å². The average Bonchev–Trinajstić information content (AvgIpc) is 2.84. The molecule has 1 aliphatic heterocycles. The first-order chi connectivity index (χ1) is 10.6. The standard InChI is InChI=1S/C15H16ClNO3S2/c1-4-5-21-15-17-11(14(18)22-15)7-9-6-10(16)8-12(19-2)13(9)20-3/h6-8H,4-5H2,1-3H3. The largest absolute Gasteiger partial charge is 0.493 e. The first-order valence-electron chi connectivity index (χ1n) is 6.66. The minimum Gasteiger partial charge on any atom is -0.493 e. The van der Waals surface area contributed by atoms with Crippen LogP contribution in [0, 0.1) is 0 Å². The van der Waals surface area contributed by atoms with Crippen LogP contribution in [0.5, 0.6) is 11.5 Å². The Morgan fingerprint density at radius 1 is 1.36 bits per heavy atom. The SMILES string of the molecule is CCCSC1=NC(=Cc2cc(Cl)cc(OC)c2OC)C(=O)S1. The van der Waals surface area contributed by atoms with Gasteiger partial charge in [0.2, 0.25) is 5.12 Å². The van der Waals surface area contributed by atoms with Gasteiger partial charge in [0.05, 0.1) is 14.2 Å². The molecule has 1 aromatic carbocycles. The highest BCUT2D eigenvalue weighted by Gasteiger charge is 2.23. The first kappa shape index (κ1) is 17.2. The van der Waals surface area contributed by atoms with E-state index in [1.807, 2.05) is 0 Å². The quantitative estimate of drug-likeness (QED) is 0.727. The summed E-state index contributed by atoms with van der Waals surface area (Å²) in [5.41, 5.74) is 1.06. The maximum Gasteiger partial charge on any atom is 0.244 e. The summed E-state index contributed by atoms with van der Waals surface area (Å²) in [6.07, 6.45) is 2.72. The highest BCUT2D eigenvalue weighted by Crippen LogP contribution is 2.38. The highest BCUT2D eigenvalue weighted by atomic mass is 35.5. The molecule has 0 N–H and O–H groups in total. The Morgan fingerprint density at radius 3 is 2.77 bits per heavy atom. The molecule has 1 aliphatic rings. The number of benzene rings is 1. The predicted molar refractivity (Wildman–Crippen MR) is 95.3 cm³/mol. The van der Waals surface area contributed by atoms with Gasteiger partial charge in [0, 0.05) is 16.7 Å². The van der Waals surface area contributed by atoms with E-state index in [2.05, 4.69) is 11.9 Å². The van der Waals surface area contributed by atoms with Crippen molar-refractivity contribution >= 4 is 50.7 Å². The lowest BCUT2D eigenvalue weighted by Gasteiger charge is -2.11. The number of ether oxygens (including phenoxy) is 2. The van der Waals surface area contributed by atoms with Gasteiger partial charge >= 0.3 is 0 Å². The van der Waals surface area contributed by atoms with Crippen LogP contribution in [0.4, 0.5) is 0 Å². The van der Waals surface area contributed by atoms with E-state index >= 15 is 0 Å². The van der Waals surface area contributed by atoms with Crippen LogP contribution < -0.4 is 9.47 Å². The fraction of sp³-hybridized carbons (Fsp3) is 0.333. The van der Waals surface area contributed by atoms with Crippen molar-refractivity contribution in [2.75, 3.05) is 20.0 Å². The first-order valence-corrected chi connectivity index (χ1v) is 8.84. The second-order valence-corrected chi connectivity index (χ2v) is 7.12. The van der Waals surface area contributed by atoms with Gasteiger partial charge in [-0.25, -0.2) is 4.99 Å². The number of nitrogens with zero attached hydrogens (tertiary/aromatic N) is 1. The van der Waals surface area contributed by atoms with Crippen LogP contribution in [0.25, 0.3) is 6.08 Å². The molecule has 0 spiro atoms. The van der Waals surface area contributed by atoms with Gasteiger partial charge in [-0.2, -0.15) is 0 Å². The van der Waals surface area contributed by atoms with Crippen LogP contribution in [-0.2, 0) is 4.79 Å². The van der Waals surface area contributed by atoms with E-state index < -0.39 is 0 Å². The summed E-state index contributed by atoms with van der Waals surface area (Å²) < 4.78 is 11.4. The molecule has 0 aliphatic carbocycles. The lowest BCUT2D eigenvalue weighted by Crippen LogP contribution is -1.95. The molecule has 1 heterocycles. The predicted octanol–water partition coefficient (Wildman–Crippen LogP) is 4.47. The van der Waals surface area contributed by atoms with Crippen molar-refractivity contribution in [2.24, 2.45) is 4.99 Å². The van der Waals surface area contributed by atoms with Crippen molar-refractivity contribution in [3.8, 4) is 11.5 Å². The summed E-state index contributed by atoms with van der Waals surface area (Å²) in [5.74, 6) is 1.99. The van der Waals surface area contributed by atoms with Crippen LogP contribution in [0.1, 0.15) is 18.9 Å². The highest BCUT2D eigenvalue weighted by molar-refractivity contribution is 8.45. The van der Waals surface area contributed by atoms with Crippen LogP contribution in [0.2, 0.25) is 5.02 Å². The van der Waals surface area contributed by atoms with Crippen molar-refractivity contribution in [3.63, 3.8) is 0 Å². The van der Waals surface area contributed by atoms with E-state index in [0.717, 1.165) is 28.3 Å². The van der Waals surface area contributed by atoms with E-state index in [1.54, 1.807) is 44.2 Å². The number of carbonyl (C=O) groups excluding carboxylic acids is 1. The third-order valence-corrected chi connectivity index (χ3v) is 5.23. The van der Waals surface area contributed by atoms with Crippen molar-refractivity contribution in [3.05, 3.63) is 28.4 Å². The van der Waals surface area contributed by atoms with Crippen molar-refractivity contribution in [1.29, 1.82) is 0 Å². The Balaban J connectivity index is 2.38. The maximum atomic E-state index is 12.1. The number of methoxy groups -OCH3 is 2. The number of rotatable bonds is 5. The van der Waals surface area contributed by atoms with Gasteiger partial charge in [-0.1, -0.05) is 30.3 Å². The molecule has 0 saturated carbocycles. The van der Waals surface area contributed by atoms with E-state index in [1.165, 1.54) is 0 Å². The van der Waals surface area contributed by atoms with Gasteiger partial charge in [0.15, 0.2) is 11.5 Å². The Bertz CT molecular complexity index is 644. The summed E-state index contributed by atoms with van der Waals surface area (Å²) in [6, 6.07) is 3.39. The summed E-state index contributed by atoms with van der Waals surface area (Å²) in [6.45, 7) is 2.09. The van der Waals surface area contributed by atoms with E-state index in [4.69, 9.17) is 21.1 Å². The Hall–Kier alpha value is -1.11.